The molecule has 5 heteroatoms. The van der Waals surface area contributed by atoms with Crippen molar-refractivity contribution in [3.8, 4) is 5.75 Å². The lowest BCUT2D eigenvalue weighted by atomic mass is 10.0. The van der Waals surface area contributed by atoms with Crippen molar-refractivity contribution in [3.63, 3.8) is 0 Å². The molecule has 0 saturated carbocycles. The molecule has 3 rings (SSSR count). The van der Waals surface area contributed by atoms with Gasteiger partial charge in [-0.15, -0.1) is 10.2 Å². The molecule has 1 N–H and O–H groups in total. The molecule has 5 nitrogen and oxygen atoms in total. The Morgan fingerprint density at radius 3 is 2.81 bits per heavy atom. The second-order valence-corrected chi connectivity index (χ2v) is 4.94. The first-order chi connectivity index (χ1) is 10.3. The van der Waals surface area contributed by atoms with E-state index in [9.17, 15) is 0 Å². The van der Waals surface area contributed by atoms with E-state index in [-0.39, 0.29) is 0 Å². The lowest BCUT2D eigenvalue weighted by Gasteiger charge is -2.14. The molecular weight excluding hydrogens is 264 g/mol. The molecule has 3 aromatic rings. The summed E-state index contributed by atoms with van der Waals surface area (Å²) >= 11 is 0. The third-order valence-electron chi connectivity index (χ3n) is 3.51. The van der Waals surface area contributed by atoms with E-state index in [2.05, 4.69) is 33.7 Å². The lowest BCUT2D eigenvalue weighted by Crippen LogP contribution is -2.09. The molecule has 0 aliphatic rings. The minimum Gasteiger partial charge on any atom is -0.485 e. The summed E-state index contributed by atoms with van der Waals surface area (Å²) in [5.41, 5.74) is 1.16. The maximum atomic E-state index is 5.96. The van der Waals surface area contributed by atoms with Gasteiger partial charge in [0.05, 0.1) is 0 Å². The number of hydrogen-bond acceptors (Lipinski definition) is 4. The van der Waals surface area contributed by atoms with Gasteiger partial charge in [0.1, 0.15) is 18.7 Å². The van der Waals surface area contributed by atoms with Crippen LogP contribution in [-0.4, -0.2) is 21.8 Å². The predicted molar refractivity (Wildman–Crippen MR) is 82.0 cm³/mol. The van der Waals surface area contributed by atoms with Gasteiger partial charge >= 0.3 is 0 Å². The molecule has 0 saturated heterocycles. The fraction of sp³-hybridized carbons (Fsp3) is 0.250. The number of fused-ring (bicyclic) bond motifs is 1. The zero-order chi connectivity index (χ0) is 14.7. The fourth-order valence-electron chi connectivity index (χ4n) is 2.39. The smallest absolute Gasteiger partial charge is 0.170 e. The Bertz CT molecular complexity index is 751. The van der Waals surface area contributed by atoms with E-state index in [1.54, 1.807) is 6.33 Å². The minimum absolute atomic E-state index is 0.408. The summed E-state index contributed by atoms with van der Waals surface area (Å²) < 4.78 is 7.82. The quantitative estimate of drug-likeness (QED) is 0.780. The molecule has 1 aromatic heterocycles. The SMILES string of the molecule is CNCc1c(OCc2nncn2C)ccc2ccccc12. The van der Waals surface area contributed by atoms with Crippen molar-refractivity contribution in [2.75, 3.05) is 7.05 Å². The molecule has 0 spiro atoms. The molecule has 21 heavy (non-hydrogen) atoms. The maximum Gasteiger partial charge on any atom is 0.170 e. The average Bonchev–Trinajstić information content (AvgIpc) is 2.92. The zero-order valence-corrected chi connectivity index (χ0v) is 12.2. The van der Waals surface area contributed by atoms with Crippen LogP contribution < -0.4 is 10.1 Å². The van der Waals surface area contributed by atoms with Gasteiger partial charge in [0.15, 0.2) is 5.82 Å². The highest BCUT2D eigenvalue weighted by atomic mass is 16.5. The molecule has 0 amide bonds. The Morgan fingerprint density at radius 2 is 2.05 bits per heavy atom. The van der Waals surface area contributed by atoms with E-state index in [0.717, 1.165) is 23.7 Å². The van der Waals surface area contributed by atoms with Crippen molar-refractivity contribution < 1.29 is 4.74 Å². The Morgan fingerprint density at radius 1 is 1.19 bits per heavy atom. The molecule has 0 aliphatic carbocycles. The monoisotopic (exact) mass is 282 g/mol. The van der Waals surface area contributed by atoms with Gasteiger partial charge in [-0.3, -0.25) is 0 Å². The summed E-state index contributed by atoms with van der Waals surface area (Å²) in [6.07, 6.45) is 1.67. The van der Waals surface area contributed by atoms with E-state index in [1.807, 2.05) is 36.9 Å². The van der Waals surface area contributed by atoms with Crippen molar-refractivity contribution in [2.45, 2.75) is 13.2 Å². The number of hydrogen-bond donors (Lipinski definition) is 1. The first kappa shape index (κ1) is 13.6. The van der Waals surface area contributed by atoms with Gasteiger partial charge in [-0.1, -0.05) is 30.3 Å². The molecular formula is C16H18N4O. The molecule has 108 valence electrons. The van der Waals surface area contributed by atoms with E-state index < -0.39 is 0 Å². The number of nitrogens with one attached hydrogen (secondary N) is 1. The van der Waals surface area contributed by atoms with E-state index in [1.165, 1.54) is 10.8 Å². The normalized spacial score (nSPS) is 11.0. The third-order valence-corrected chi connectivity index (χ3v) is 3.51. The number of ether oxygens (including phenoxy) is 1. The molecule has 1 heterocycles. The van der Waals surface area contributed by atoms with Crippen molar-refractivity contribution in [1.29, 1.82) is 0 Å². The first-order valence-electron chi connectivity index (χ1n) is 6.90. The number of nitrogens with zero attached hydrogens (tertiary/aromatic N) is 3. The molecule has 2 aromatic carbocycles. The van der Waals surface area contributed by atoms with Crippen molar-refractivity contribution in [2.24, 2.45) is 7.05 Å². The highest BCUT2D eigenvalue weighted by Crippen LogP contribution is 2.28. The van der Waals surface area contributed by atoms with E-state index in [4.69, 9.17) is 4.74 Å². The average molecular weight is 282 g/mol. The van der Waals surface area contributed by atoms with Crippen LogP contribution >= 0.6 is 0 Å². The van der Waals surface area contributed by atoms with Crippen molar-refractivity contribution >= 4 is 10.8 Å². The Balaban J connectivity index is 1.93. The molecule has 0 bridgehead atoms. The van der Waals surface area contributed by atoms with Gasteiger partial charge in [0, 0.05) is 19.2 Å². The third kappa shape index (κ3) is 2.73. The highest BCUT2D eigenvalue weighted by molar-refractivity contribution is 5.87. The van der Waals surface area contributed by atoms with Crippen LogP contribution in [0.2, 0.25) is 0 Å². The number of rotatable bonds is 5. The zero-order valence-electron chi connectivity index (χ0n) is 12.2. The molecule has 0 aliphatic heterocycles. The first-order valence-corrected chi connectivity index (χ1v) is 6.90. The summed E-state index contributed by atoms with van der Waals surface area (Å²) in [5, 5.41) is 13.5. The van der Waals surface area contributed by atoms with Gasteiger partial charge < -0.3 is 14.6 Å². The highest BCUT2D eigenvalue weighted by Gasteiger charge is 2.09. The van der Waals surface area contributed by atoms with Crippen LogP contribution in [0.1, 0.15) is 11.4 Å². The Kier molecular flexibility index (Phi) is 3.83. The second-order valence-electron chi connectivity index (χ2n) is 4.94. The van der Waals surface area contributed by atoms with Crippen molar-refractivity contribution in [1.82, 2.24) is 20.1 Å². The largest absolute Gasteiger partial charge is 0.485 e. The molecule has 0 radical (unpaired) electrons. The van der Waals surface area contributed by atoms with Gasteiger partial charge in [-0.25, -0.2) is 0 Å². The summed E-state index contributed by atoms with van der Waals surface area (Å²) in [4.78, 5) is 0. The van der Waals surface area contributed by atoms with Crippen molar-refractivity contribution in [3.05, 3.63) is 54.1 Å². The maximum absolute atomic E-state index is 5.96. The predicted octanol–water partition coefficient (Wildman–Crippen LogP) is 2.27. The van der Waals surface area contributed by atoms with Crippen LogP contribution in [-0.2, 0) is 20.2 Å². The van der Waals surface area contributed by atoms with E-state index >= 15 is 0 Å². The summed E-state index contributed by atoms with van der Waals surface area (Å²) in [6, 6.07) is 12.4. The molecule has 0 atom stereocenters. The molecule has 0 fully saturated rings. The summed E-state index contributed by atoms with van der Waals surface area (Å²) in [6.45, 7) is 1.17. The van der Waals surface area contributed by atoms with Gasteiger partial charge in [-0.2, -0.15) is 0 Å². The van der Waals surface area contributed by atoms with Crippen LogP contribution in [0.5, 0.6) is 5.75 Å². The van der Waals surface area contributed by atoms with Gasteiger partial charge in [0.2, 0.25) is 0 Å². The Hall–Kier alpha value is -2.40. The number of aromatic nitrogens is 3. The van der Waals surface area contributed by atoms with Crippen LogP contribution in [0.4, 0.5) is 0 Å². The topological polar surface area (TPSA) is 52.0 Å². The minimum atomic E-state index is 0.408. The number of benzene rings is 2. The molecule has 0 unspecified atom stereocenters. The van der Waals surface area contributed by atoms with Crippen LogP contribution in [0.3, 0.4) is 0 Å². The second kappa shape index (κ2) is 5.93. The van der Waals surface area contributed by atoms with Gasteiger partial charge in [-0.05, 0) is 23.9 Å². The Labute approximate surface area is 123 Å². The fourth-order valence-corrected chi connectivity index (χ4v) is 2.39. The van der Waals surface area contributed by atoms with Gasteiger partial charge in [0.25, 0.3) is 0 Å². The van der Waals surface area contributed by atoms with Crippen LogP contribution in [0.25, 0.3) is 10.8 Å². The number of aryl methyl sites for hydroxylation is 1. The summed E-state index contributed by atoms with van der Waals surface area (Å²) in [5.74, 6) is 1.68. The van der Waals surface area contributed by atoms with Crippen LogP contribution in [0, 0.1) is 0 Å². The van der Waals surface area contributed by atoms with E-state index in [0.29, 0.717) is 6.61 Å². The summed E-state index contributed by atoms with van der Waals surface area (Å²) in [7, 11) is 3.85. The lowest BCUT2D eigenvalue weighted by molar-refractivity contribution is 0.288. The van der Waals surface area contributed by atoms with Crippen LogP contribution in [0.15, 0.2) is 42.7 Å². The standard InChI is InChI=1S/C16H18N4O/c1-17-9-14-13-6-4-3-5-12(13)7-8-15(14)21-10-16-19-18-11-20(16)2/h3-8,11,17H,9-10H2,1-2H3.